The molecule has 8 nitrogen and oxygen atoms in total. The van der Waals surface area contributed by atoms with Crippen molar-refractivity contribution in [2.75, 3.05) is 7.11 Å². The van der Waals surface area contributed by atoms with Crippen LogP contribution in [0.3, 0.4) is 0 Å². The molecule has 1 aliphatic carbocycles. The third-order valence-corrected chi connectivity index (χ3v) is 8.32. The van der Waals surface area contributed by atoms with Gasteiger partial charge in [0.05, 0.1) is 27.7 Å². The molecule has 0 amide bonds. The van der Waals surface area contributed by atoms with Gasteiger partial charge in [0.1, 0.15) is 10.6 Å². The molecule has 3 aromatic rings. The quantitative estimate of drug-likeness (QED) is 0.506. The number of alkyl halides is 3. The monoisotopic (exact) mass is 549 g/mol. The van der Waals surface area contributed by atoms with E-state index in [-0.39, 0.29) is 21.2 Å². The zero-order valence-electron chi connectivity index (χ0n) is 17.8. The molecule has 0 saturated heterocycles. The molecule has 1 aliphatic rings. The fourth-order valence-corrected chi connectivity index (χ4v) is 6.20. The molecule has 1 N–H and O–H groups in total. The van der Waals surface area contributed by atoms with Crippen LogP contribution in [0.15, 0.2) is 49.7 Å². The van der Waals surface area contributed by atoms with E-state index in [1.54, 1.807) is 0 Å². The molecule has 35 heavy (non-hydrogen) atoms. The maximum Gasteiger partial charge on any atom is 0.440 e. The average Bonchev–Trinajstić information content (AvgIpc) is 2.70. The number of halogens is 5. The van der Waals surface area contributed by atoms with Crippen molar-refractivity contribution in [2.45, 2.75) is 41.1 Å². The van der Waals surface area contributed by atoms with Gasteiger partial charge in [0.25, 0.3) is 5.56 Å². The second-order valence-electron chi connectivity index (χ2n) is 7.79. The van der Waals surface area contributed by atoms with E-state index in [0.29, 0.717) is 5.75 Å². The number of H-pyrrole nitrogens is 1. The molecular weight excluding hydrogens is 534 g/mol. The third kappa shape index (κ3) is 4.57. The maximum absolute atomic E-state index is 13.4. The Morgan fingerprint density at radius 1 is 1.11 bits per heavy atom. The normalized spacial score (nSPS) is 14.6. The lowest BCUT2D eigenvalue weighted by Gasteiger charge is -2.27. The largest absolute Gasteiger partial charge is 0.496 e. The first-order valence-corrected chi connectivity index (χ1v) is 12.3. The molecule has 0 spiro atoms. The Hall–Kier alpha value is -2.83. The number of nitrogens with zero attached hydrogens (tertiary/aromatic N) is 2. The van der Waals surface area contributed by atoms with E-state index in [4.69, 9.17) is 27.9 Å². The van der Waals surface area contributed by atoms with Crippen molar-refractivity contribution < 1.29 is 26.3 Å². The fourth-order valence-electron chi connectivity index (χ4n) is 3.72. The Morgan fingerprint density at radius 2 is 1.74 bits per heavy atom. The summed E-state index contributed by atoms with van der Waals surface area (Å²) in [6.07, 6.45) is -2.36. The number of rotatable bonds is 5. The molecular formula is C21H16Cl2F3N3O5S. The minimum Gasteiger partial charge on any atom is -0.496 e. The zero-order chi connectivity index (χ0) is 25.7. The molecule has 0 unspecified atom stereocenters. The van der Waals surface area contributed by atoms with Gasteiger partial charge in [0.15, 0.2) is 0 Å². The van der Waals surface area contributed by atoms with E-state index in [1.807, 2.05) is 0 Å². The van der Waals surface area contributed by atoms with Gasteiger partial charge in [0.2, 0.25) is 15.5 Å². The van der Waals surface area contributed by atoms with Crippen LogP contribution in [0.4, 0.5) is 13.2 Å². The van der Waals surface area contributed by atoms with Gasteiger partial charge >= 0.3 is 11.9 Å². The highest BCUT2D eigenvalue weighted by Gasteiger charge is 2.37. The summed E-state index contributed by atoms with van der Waals surface area (Å²) < 4.78 is 71.6. The van der Waals surface area contributed by atoms with Crippen molar-refractivity contribution in [1.29, 1.82) is 0 Å². The van der Waals surface area contributed by atoms with Gasteiger partial charge in [-0.3, -0.25) is 9.78 Å². The van der Waals surface area contributed by atoms with Crippen LogP contribution in [0.25, 0.3) is 5.69 Å². The van der Waals surface area contributed by atoms with Crippen LogP contribution in [0, 0.1) is 0 Å². The van der Waals surface area contributed by atoms with Gasteiger partial charge in [-0.2, -0.15) is 23.0 Å². The summed E-state index contributed by atoms with van der Waals surface area (Å²) in [5.41, 5.74) is -4.55. The van der Waals surface area contributed by atoms with Gasteiger partial charge in [-0.15, -0.1) is 0 Å². The predicted molar refractivity (Wildman–Crippen MR) is 121 cm³/mol. The summed E-state index contributed by atoms with van der Waals surface area (Å²) in [5, 5.41) is 2.15. The Labute approximate surface area is 206 Å². The van der Waals surface area contributed by atoms with Crippen LogP contribution in [0.2, 0.25) is 10.0 Å². The zero-order valence-corrected chi connectivity index (χ0v) is 20.1. The highest BCUT2D eigenvalue weighted by molar-refractivity contribution is 7.91. The molecule has 14 heteroatoms. The van der Waals surface area contributed by atoms with E-state index in [9.17, 15) is 31.2 Å². The van der Waals surface area contributed by atoms with Crippen LogP contribution in [0.5, 0.6) is 5.75 Å². The van der Waals surface area contributed by atoms with Crippen molar-refractivity contribution in [3.05, 3.63) is 72.5 Å². The van der Waals surface area contributed by atoms with Crippen LogP contribution >= 0.6 is 23.2 Å². The molecule has 1 saturated carbocycles. The second kappa shape index (κ2) is 8.99. The lowest BCUT2D eigenvalue weighted by molar-refractivity contribution is -0.143. The van der Waals surface area contributed by atoms with Gasteiger partial charge < -0.3 is 4.74 Å². The fraction of sp³-hybridized carbons (Fsp3) is 0.286. The van der Waals surface area contributed by atoms with Crippen molar-refractivity contribution in [1.82, 2.24) is 14.8 Å². The molecule has 0 bridgehead atoms. The van der Waals surface area contributed by atoms with E-state index < -0.39 is 47.9 Å². The molecule has 4 rings (SSSR count). The average molecular weight is 550 g/mol. The summed E-state index contributed by atoms with van der Waals surface area (Å²) in [7, 11) is -2.80. The SMILES string of the molecule is COc1ccc(S(=O)(=O)c2c(Cl)cc(-n3nc(C(F)(F)F)c(=O)[nH]c3=O)cc2Cl)cc1C1CCC1. The van der Waals surface area contributed by atoms with E-state index >= 15 is 0 Å². The Morgan fingerprint density at radius 3 is 2.26 bits per heavy atom. The molecule has 1 fully saturated rings. The minimum absolute atomic E-state index is 0.101. The van der Waals surface area contributed by atoms with Gasteiger partial charge in [-0.1, -0.05) is 29.6 Å². The van der Waals surface area contributed by atoms with E-state index in [1.165, 1.54) is 30.3 Å². The Kier molecular flexibility index (Phi) is 6.49. The number of methoxy groups -OCH3 is 1. The number of aromatic nitrogens is 3. The smallest absolute Gasteiger partial charge is 0.440 e. The maximum atomic E-state index is 13.4. The Balaban J connectivity index is 1.83. The van der Waals surface area contributed by atoms with Crippen molar-refractivity contribution in [2.24, 2.45) is 0 Å². The van der Waals surface area contributed by atoms with Gasteiger partial charge in [-0.25, -0.2) is 13.2 Å². The third-order valence-electron chi connectivity index (χ3n) is 5.65. The summed E-state index contributed by atoms with van der Waals surface area (Å²) in [4.78, 5) is 24.5. The number of hydrogen-bond acceptors (Lipinski definition) is 6. The molecule has 186 valence electrons. The highest BCUT2D eigenvalue weighted by atomic mass is 35.5. The number of benzene rings is 2. The summed E-state index contributed by atoms with van der Waals surface area (Å²) in [6, 6.07) is 6.19. The topological polar surface area (TPSA) is 111 Å². The van der Waals surface area contributed by atoms with Crippen molar-refractivity contribution in [3.63, 3.8) is 0 Å². The van der Waals surface area contributed by atoms with Crippen molar-refractivity contribution >= 4 is 33.0 Å². The number of nitrogens with one attached hydrogen (secondary N) is 1. The summed E-state index contributed by atoms with van der Waals surface area (Å²) in [5.74, 6) is 0.694. The first kappa shape index (κ1) is 25.3. The molecule has 0 atom stereocenters. The van der Waals surface area contributed by atoms with Gasteiger partial charge in [0, 0.05) is 0 Å². The summed E-state index contributed by atoms with van der Waals surface area (Å²) >= 11 is 12.4. The molecule has 0 aliphatic heterocycles. The van der Waals surface area contributed by atoms with E-state index in [0.717, 1.165) is 37.0 Å². The second-order valence-corrected chi connectivity index (χ2v) is 10.5. The first-order valence-electron chi connectivity index (χ1n) is 10.1. The van der Waals surface area contributed by atoms with E-state index in [2.05, 4.69) is 5.10 Å². The lowest BCUT2D eigenvalue weighted by atomic mass is 9.80. The molecule has 0 radical (unpaired) electrons. The Bertz CT molecular complexity index is 1520. The van der Waals surface area contributed by atoms with Crippen LogP contribution in [-0.2, 0) is 16.0 Å². The number of ether oxygens (including phenoxy) is 1. The summed E-state index contributed by atoms with van der Waals surface area (Å²) in [6.45, 7) is 0. The number of sulfone groups is 1. The number of aromatic amines is 1. The lowest BCUT2D eigenvalue weighted by Crippen LogP contribution is -2.37. The molecule has 1 heterocycles. The molecule has 1 aromatic heterocycles. The van der Waals surface area contributed by atoms with Crippen LogP contribution < -0.4 is 16.0 Å². The minimum atomic E-state index is -5.15. The first-order chi connectivity index (χ1) is 16.3. The highest BCUT2D eigenvalue weighted by Crippen LogP contribution is 2.43. The van der Waals surface area contributed by atoms with Crippen LogP contribution in [-0.4, -0.2) is 30.3 Å². The number of hydrogen-bond donors (Lipinski definition) is 1. The standard InChI is InChI=1S/C21H16Cl2F3N3O5S/c1-34-16-6-5-12(9-13(16)10-3-2-4-10)35(32,33)17-14(22)7-11(8-15(17)23)29-20(31)27-19(30)18(28-29)21(24,25)26/h5-10H,2-4H2,1H3,(H,27,30,31). The van der Waals surface area contributed by atoms with Gasteiger partial charge in [-0.05, 0) is 54.7 Å². The molecule has 2 aromatic carbocycles. The predicted octanol–water partition coefficient (Wildman–Crippen LogP) is 4.36. The van der Waals surface area contributed by atoms with Crippen molar-refractivity contribution in [3.8, 4) is 11.4 Å². The van der Waals surface area contributed by atoms with Crippen LogP contribution in [0.1, 0.15) is 36.4 Å².